The van der Waals surface area contributed by atoms with Crippen molar-refractivity contribution in [2.24, 2.45) is 0 Å². The second kappa shape index (κ2) is 8.64. The minimum absolute atomic E-state index is 0.0203. The van der Waals surface area contributed by atoms with E-state index in [1.807, 2.05) is 12.1 Å². The number of nitrogens with zero attached hydrogens (tertiary/aromatic N) is 6. The molecule has 1 fully saturated rings. The van der Waals surface area contributed by atoms with E-state index in [0.29, 0.717) is 31.7 Å². The lowest BCUT2D eigenvalue weighted by atomic mass is 10.1. The van der Waals surface area contributed by atoms with Gasteiger partial charge >= 0.3 is 0 Å². The highest BCUT2D eigenvalue weighted by molar-refractivity contribution is 5.94. The Balaban J connectivity index is 1.59. The Kier molecular flexibility index (Phi) is 6.03. The molecule has 2 aromatic rings. The number of rotatable bonds is 6. The van der Waals surface area contributed by atoms with Crippen molar-refractivity contribution in [2.75, 3.05) is 49.1 Å². The summed E-state index contributed by atoms with van der Waals surface area (Å²) in [7, 11) is 0. The van der Waals surface area contributed by atoms with Crippen LogP contribution in [0.2, 0.25) is 0 Å². The fourth-order valence-electron chi connectivity index (χ4n) is 3.25. The second-order valence-corrected chi connectivity index (χ2v) is 6.51. The van der Waals surface area contributed by atoms with Crippen LogP contribution < -0.4 is 9.80 Å². The average Bonchev–Trinajstić information content (AvgIpc) is 2.75. The third-order valence-corrected chi connectivity index (χ3v) is 4.94. The SMILES string of the molecule is CCN(CC)c1ccc(N2CCN(C(=O)c3ccc([N+](=O)[O-])cc3)CC2)nn1. The zero-order valence-electron chi connectivity index (χ0n) is 16.1. The Labute approximate surface area is 163 Å². The first-order valence-corrected chi connectivity index (χ1v) is 9.40. The van der Waals surface area contributed by atoms with Crippen molar-refractivity contribution in [2.45, 2.75) is 13.8 Å². The summed E-state index contributed by atoms with van der Waals surface area (Å²) < 4.78 is 0. The molecule has 28 heavy (non-hydrogen) atoms. The van der Waals surface area contributed by atoms with Crippen molar-refractivity contribution in [3.8, 4) is 0 Å². The van der Waals surface area contributed by atoms with E-state index in [4.69, 9.17) is 0 Å². The number of carbonyl (C=O) groups excluding carboxylic acids is 1. The number of aromatic nitrogens is 2. The molecule has 1 aliphatic rings. The van der Waals surface area contributed by atoms with E-state index >= 15 is 0 Å². The normalized spacial score (nSPS) is 14.1. The second-order valence-electron chi connectivity index (χ2n) is 6.51. The summed E-state index contributed by atoms with van der Waals surface area (Å²) in [5, 5.41) is 19.4. The Bertz CT molecular complexity index is 813. The molecule has 0 spiro atoms. The molecule has 9 heteroatoms. The maximum Gasteiger partial charge on any atom is 0.269 e. The van der Waals surface area contributed by atoms with E-state index in [1.54, 1.807) is 4.90 Å². The quantitative estimate of drug-likeness (QED) is 0.556. The highest BCUT2D eigenvalue weighted by atomic mass is 16.6. The molecule has 2 heterocycles. The monoisotopic (exact) mass is 384 g/mol. The Morgan fingerprint density at radius 1 is 1.04 bits per heavy atom. The molecular formula is C19H24N6O3. The summed E-state index contributed by atoms with van der Waals surface area (Å²) >= 11 is 0. The zero-order chi connectivity index (χ0) is 20.1. The van der Waals surface area contributed by atoms with Crippen molar-refractivity contribution < 1.29 is 9.72 Å². The summed E-state index contributed by atoms with van der Waals surface area (Å²) in [5.41, 5.74) is 0.440. The van der Waals surface area contributed by atoms with Gasteiger partial charge in [0.2, 0.25) is 0 Å². The summed E-state index contributed by atoms with van der Waals surface area (Å²) in [6, 6.07) is 9.67. The van der Waals surface area contributed by atoms with Gasteiger partial charge in [0.1, 0.15) is 0 Å². The van der Waals surface area contributed by atoms with Crippen LogP contribution in [0.5, 0.6) is 0 Å². The lowest BCUT2D eigenvalue weighted by Crippen LogP contribution is -2.49. The molecule has 0 aliphatic carbocycles. The van der Waals surface area contributed by atoms with Gasteiger partial charge in [0.25, 0.3) is 11.6 Å². The predicted molar refractivity (Wildman–Crippen MR) is 107 cm³/mol. The molecule has 0 radical (unpaired) electrons. The van der Waals surface area contributed by atoms with Gasteiger partial charge in [-0.15, -0.1) is 10.2 Å². The van der Waals surface area contributed by atoms with E-state index in [2.05, 4.69) is 33.8 Å². The smallest absolute Gasteiger partial charge is 0.269 e. The van der Waals surface area contributed by atoms with E-state index in [1.165, 1.54) is 24.3 Å². The summed E-state index contributed by atoms with van der Waals surface area (Å²) in [6.07, 6.45) is 0. The molecule has 9 nitrogen and oxygen atoms in total. The third kappa shape index (κ3) is 4.19. The van der Waals surface area contributed by atoms with Crippen LogP contribution in [0.15, 0.2) is 36.4 Å². The molecule has 1 amide bonds. The molecule has 0 unspecified atom stereocenters. The molecule has 0 N–H and O–H groups in total. The van der Waals surface area contributed by atoms with Crippen molar-refractivity contribution in [3.63, 3.8) is 0 Å². The van der Waals surface area contributed by atoms with Gasteiger partial charge in [-0.05, 0) is 38.1 Å². The van der Waals surface area contributed by atoms with Gasteiger partial charge in [-0.2, -0.15) is 0 Å². The van der Waals surface area contributed by atoms with Crippen LogP contribution in [-0.2, 0) is 0 Å². The Morgan fingerprint density at radius 2 is 1.68 bits per heavy atom. The fourth-order valence-corrected chi connectivity index (χ4v) is 3.25. The molecule has 3 rings (SSSR count). The average molecular weight is 384 g/mol. The molecular weight excluding hydrogens is 360 g/mol. The summed E-state index contributed by atoms with van der Waals surface area (Å²) in [6.45, 7) is 8.39. The molecule has 0 atom stereocenters. The maximum absolute atomic E-state index is 12.6. The van der Waals surface area contributed by atoms with Crippen molar-refractivity contribution in [1.82, 2.24) is 15.1 Å². The zero-order valence-corrected chi connectivity index (χ0v) is 16.1. The highest BCUT2D eigenvalue weighted by Gasteiger charge is 2.23. The van der Waals surface area contributed by atoms with Gasteiger partial charge in [-0.3, -0.25) is 14.9 Å². The highest BCUT2D eigenvalue weighted by Crippen LogP contribution is 2.18. The predicted octanol–water partition coefficient (Wildman–Crippen LogP) is 2.19. The minimum Gasteiger partial charge on any atom is -0.356 e. The number of piperazine rings is 1. The first kappa shape index (κ1) is 19.5. The summed E-state index contributed by atoms with van der Waals surface area (Å²) in [4.78, 5) is 28.9. The van der Waals surface area contributed by atoms with Gasteiger partial charge in [0, 0.05) is 57.0 Å². The molecule has 1 aromatic heterocycles. The van der Waals surface area contributed by atoms with Crippen LogP contribution in [0.25, 0.3) is 0 Å². The number of nitro groups is 1. The topological polar surface area (TPSA) is 95.7 Å². The Hall–Kier alpha value is -3.23. The van der Waals surface area contributed by atoms with Crippen LogP contribution in [-0.4, -0.2) is 65.2 Å². The lowest BCUT2D eigenvalue weighted by Gasteiger charge is -2.35. The van der Waals surface area contributed by atoms with Crippen molar-refractivity contribution in [3.05, 3.63) is 52.1 Å². The van der Waals surface area contributed by atoms with Crippen LogP contribution in [0.4, 0.5) is 17.3 Å². The number of hydrogen-bond donors (Lipinski definition) is 0. The molecule has 1 saturated heterocycles. The van der Waals surface area contributed by atoms with Gasteiger partial charge in [-0.25, -0.2) is 0 Å². The van der Waals surface area contributed by atoms with Crippen LogP contribution in [0, 0.1) is 10.1 Å². The molecule has 1 aromatic carbocycles. The van der Waals surface area contributed by atoms with Gasteiger partial charge in [0.15, 0.2) is 11.6 Å². The number of nitro benzene ring substituents is 1. The molecule has 148 valence electrons. The first-order chi connectivity index (χ1) is 13.5. The number of carbonyl (C=O) groups is 1. The van der Waals surface area contributed by atoms with Crippen molar-refractivity contribution >= 4 is 23.2 Å². The van der Waals surface area contributed by atoms with Gasteiger partial charge in [-0.1, -0.05) is 0 Å². The summed E-state index contributed by atoms with van der Waals surface area (Å²) in [5.74, 6) is 1.55. The third-order valence-electron chi connectivity index (χ3n) is 4.94. The number of amides is 1. The lowest BCUT2D eigenvalue weighted by molar-refractivity contribution is -0.384. The van der Waals surface area contributed by atoms with E-state index < -0.39 is 4.92 Å². The number of benzene rings is 1. The molecule has 1 aliphatic heterocycles. The number of non-ortho nitro benzene ring substituents is 1. The standard InChI is InChI=1S/C19H24N6O3/c1-3-22(4-2)17-9-10-18(21-20-17)23-11-13-24(14-12-23)19(26)15-5-7-16(8-6-15)25(27)28/h5-10H,3-4,11-14H2,1-2H3. The number of hydrogen-bond acceptors (Lipinski definition) is 7. The first-order valence-electron chi connectivity index (χ1n) is 9.40. The number of anilines is 2. The van der Waals surface area contributed by atoms with Crippen LogP contribution in [0.3, 0.4) is 0 Å². The van der Waals surface area contributed by atoms with Crippen LogP contribution in [0.1, 0.15) is 24.2 Å². The molecule has 0 bridgehead atoms. The molecule has 0 saturated carbocycles. The van der Waals surface area contributed by atoms with E-state index in [9.17, 15) is 14.9 Å². The Morgan fingerprint density at radius 3 is 2.18 bits per heavy atom. The van der Waals surface area contributed by atoms with E-state index in [-0.39, 0.29) is 11.6 Å². The van der Waals surface area contributed by atoms with E-state index in [0.717, 1.165) is 24.7 Å². The van der Waals surface area contributed by atoms with Gasteiger partial charge < -0.3 is 14.7 Å². The minimum atomic E-state index is -0.473. The van der Waals surface area contributed by atoms with Crippen LogP contribution >= 0.6 is 0 Å². The fraction of sp³-hybridized carbons (Fsp3) is 0.421. The maximum atomic E-state index is 12.6. The van der Waals surface area contributed by atoms with Gasteiger partial charge in [0.05, 0.1) is 4.92 Å². The largest absolute Gasteiger partial charge is 0.356 e. The van der Waals surface area contributed by atoms with Crippen molar-refractivity contribution in [1.29, 1.82) is 0 Å².